The second-order valence-electron chi connectivity index (χ2n) is 5.72. The van der Waals surface area contributed by atoms with Crippen LogP contribution < -0.4 is 0 Å². The van der Waals surface area contributed by atoms with Crippen LogP contribution in [0.1, 0.15) is 24.5 Å². The van der Waals surface area contributed by atoms with E-state index in [0.717, 1.165) is 7.11 Å². The van der Waals surface area contributed by atoms with Crippen molar-refractivity contribution >= 4 is 5.97 Å². The van der Waals surface area contributed by atoms with Gasteiger partial charge in [0.05, 0.1) is 29.7 Å². The van der Waals surface area contributed by atoms with Gasteiger partial charge >= 0.3 is 5.97 Å². The average Bonchev–Trinajstić information content (AvgIpc) is 3.35. The van der Waals surface area contributed by atoms with Crippen molar-refractivity contribution in [2.24, 2.45) is 11.8 Å². The molecule has 1 aliphatic rings. The lowest BCUT2D eigenvalue weighted by Crippen LogP contribution is -2.14. The number of benzene rings is 1. The molecule has 0 radical (unpaired) electrons. The summed E-state index contributed by atoms with van der Waals surface area (Å²) in [7, 11) is 1.12. The Labute approximate surface area is 141 Å². The predicted octanol–water partition coefficient (Wildman–Crippen LogP) is 3.54. The Morgan fingerprint density at radius 1 is 1.16 bits per heavy atom. The lowest BCUT2D eigenvalue weighted by atomic mass is 10.1. The Morgan fingerprint density at radius 3 is 2.16 bits per heavy atom. The first-order chi connectivity index (χ1) is 11.8. The largest absolute Gasteiger partial charge is 0.460 e. The third-order valence-electron chi connectivity index (χ3n) is 3.88. The monoisotopic (exact) mass is 357 g/mol. The smallest absolute Gasteiger partial charge is 0.309 e. The molecule has 0 aliphatic heterocycles. The fourth-order valence-electron chi connectivity index (χ4n) is 2.40. The number of esters is 1. The standard InChI is InChI=1S/C17H15F4NO3/c1-8(5-22)3-9-4-10(9)17(23)25-7-12-15(20)13(18)11(6-24-2)14(19)16(12)21/h3,9-10H,4,6-7H2,1-2H3/b8-3-/t9-,10-/m1/s1. The predicted molar refractivity (Wildman–Crippen MR) is 77.8 cm³/mol. The fourth-order valence-corrected chi connectivity index (χ4v) is 2.40. The average molecular weight is 357 g/mol. The van der Waals surface area contributed by atoms with E-state index in [1.807, 2.05) is 6.07 Å². The summed E-state index contributed by atoms with van der Waals surface area (Å²) in [5.74, 6) is -7.85. The molecule has 4 nitrogen and oxygen atoms in total. The Balaban J connectivity index is 2.09. The van der Waals surface area contributed by atoms with Crippen LogP contribution in [-0.4, -0.2) is 13.1 Å². The number of nitriles is 1. The Hall–Kier alpha value is -2.40. The molecular formula is C17H15F4NO3. The summed E-state index contributed by atoms with van der Waals surface area (Å²) >= 11 is 0. The van der Waals surface area contributed by atoms with Gasteiger partial charge in [-0.25, -0.2) is 17.6 Å². The third kappa shape index (κ3) is 3.99. The fraction of sp³-hybridized carbons (Fsp3) is 0.412. The number of rotatable bonds is 6. The van der Waals surface area contributed by atoms with Gasteiger partial charge in [0.2, 0.25) is 0 Å². The van der Waals surface area contributed by atoms with Crippen LogP contribution in [0.4, 0.5) is 17.6 Å². The number of halogens is 4. The van der Waals surface area contributed by atoms with Crippen molar-refractivity contribution in [3.8, 4) is 6.07 Å². The van der Waals surface area contributed by atoms with Crippen molar-refractivity contribution in [3.63, 3.8) is 0 Å². The highest BCUT2D eigenvalue weighted by atomic mass is 19.2. The number of hydrogen-bond acceptors (Lipinski definition) is 4. The normalized spacial score (nSPS) is 19.5. The molecule has 0 unspecified atom stereocenters. The van der Waals surface area contributed by atoms with Gasteiger partial charge in [-0.3, -0.25) is 4.79 Å². The number of carbonyl (C=O) groups excluding carboxylic acids is 1. The van der Waals surface area contributed by atoms with Crippen molar-refractivity contribution in [2.75, 3.05) is 7.11 Å². The minimum absolute atomic E-state index is 0.181. The zero-order valence-electron chi connectivity index (χ0n) is 13.5. The van der Waals surface area contributed by atoms with Crippen molar-refractivity contribution < 1.29 is 31.8 Å². The molecule has 0 spiro atoms. The third-order valence-corrected chi connectivity index (χ3v) is 3.88. The van der Waals surface area contributed by atoms with Gasteiger partial charge in [-0.15, -0.1) is 0 Å². The molecule has 1 aromatic carbocycles. The molecule has 134 valence electrons. The Bertz CT molecular complexity index is 741. The van der Waals surface area contributed by atoms with Crippen LogP contribution in [0.25, 0.3) is 0 Å². The SMILES string of the molecule is COCc1c(F)c(F)c(COC(=O)[C@@H]2C[C@H]2/C=C(/C)C#N)c(F)c1F. The van der Waals surface area contributed by atoms with Crippen LogP contribution in [0.15, 0.2) is 11.6 Å². The molecule has 0 N–H and O–H groups in total. The lowest BCUT2D eigenvalue weighted by molar-refractivity contribution is -0.146. The Kier molecular flexibility index (Phi) is 5.80. The van der Waals surface area contributed by atoms with Crippen LogP contribution in [-0.2, 0) is 27.5 Å². The van der Waals surface area contributed by atoms with Gasteiger partial charge in [0, 0.05) is 12.7 Å². The minimum atomic E-state index is -1.62. The maximum Gasteiger partial charge on any atom is 0.309 e. The number of hydrogen-bond donors (Lipinski definition) is 0. The van der Waals surface area contributed by atoms with E-state index in [4.69, 9.17) is 10.00 Å². The molecule has 0 amide bonds. The molecule has 1 saturated carbocycles. The van der Waals surface area contributed by atoms with Crippen LogP contribution >= 0.6 is 0 Å². The molecule has 1 aromatic rings. The van der Waals surface area contributed by atoms with Crippen LogP contribution in [0, 0.1) is 46.4 Å². The van der Waals surface area contributed by atoms with E-state index in [-0.39, 0.29) is 5.92 Å². The summed E-state index contributed by atoms with van der Waals surface area (Å²) in [6.07, 6.45) is 2.05. The summed E-state index contributed by atoms with van der Waals surface area (Å²) in [4.78, 5) is 11.8. The number of allylic oxidation sites excluding steroid dienone is 2. The molecule has 25 heavy (non-hydrogen) atoms. The molecule has 1 fully saturated rings. The van der Waals surface area contributed by atoms with Crippen LogP contribution in [0.2, 0.25) is 0 Å². The zero-order chi connectivity index (χ0) is 18.7. The van der Waals surface area contributed by atoms with E-state index in [1.54, 1.807) is 13.0 Å². The zero-order valence-corrected chi connectivity index (χ0v) is 13.5. The van der Waals surface area contributed by atoms with Crippen LogP contribution in [0.3, 0.4) is 0 Å². The van der Waals surface area contributed by atoms with Gasteiger partial charge in [-0.2, -0.15) is 5.26 Å². The highest BCUT2D eigenvalue weighted by Gasteiger charge is 2.43. The number of ether oxygens (including phenoxy) is 2. The topological polar surface area (TPSA) is 59.3 Å². The van der Waals surface area contributed by atoms with Crippen molar-refractivity contribution in [3.05, 3.63) is 46.0 Å². The first-order valence-corrected chi connectivity index (χ1v) is 7.39. The Morgan fingerprint density at radius 2 is 1.68 bits per heavy atom. The van der Waals surface area contributed by atoms with E-state index in [9.17, 15) is 22.4 Å². The molecule has 2 rings (SSSR count). The second-order valence-corrected chi connectivity index (χ2v) is 5.72. The quantitative estimate of drug-likeness (QED) is 0.338. The van der Waals surface area contributed by atoms with Gasteiger partial charge in [-0.05, 0) is 19.3 Å². The number of nitrogens with zero attached hydrogens (tertiary/aromatic N) is 1. The van der Waals surface area contributed by atoms with Gasteiger partial charge in [0.15, 0.2) is 23.3 Å². The molecule has 2 atom stereocenters. The van der Waals surface area contributed by atoms with Gasteiger partial charge < -0.3 is 9.47 Å². The van der Waals surface area contributed by atoms with Crippen LogP contribution in [0.5, 0.6) is 0 Å². The van der Waals surface area contributed by atoms with Gasteiger partial charge in [0.1, 0.15) is 6.61 Å². The molecule has 8 heteroatoms. The highest BCUT2D eigenvalue weighted by Crippen LogP contribution is 2.41. The van der Waals surface area contributed by atoms with Gasteiger partial charge in [0.25, 0.3) is 0 Å². The van der Waals surface area contributed by atoms with E-state index >= 15 is 0 Å². The molecule has 1 aliphatic carbocycles. The summed E-state index contributed by atoms with van der Waals surface area (Å²) in [6.45, 7) is 0.0142. The number of methoxy groups -OCH3 is 1. The van der Waals surface area contributed by atoms with Crippen molar-refractivity contribution in [1.82, 2.24) is 0 Å². The highest BCUT2D eigenvalue weighted by molar-refractivity contribution is 5.76. The summed E-state index contributed by atoms with van der Waals surface area (Å²) < 4.78 is 64.7. The molecular weight excluding hydrogens is 342 g/mol. The molecule has 0 aromatic heterocycles. The summed E-state index contributed by atoms with van der Waals surface area (Å²) in [5, 5.41) is 8.66. The molecule has 0 heterocycles. The van der Waals surface area contributed by atoms with E-state index in [2.05, 4.69) is 4.74 Å². The van der Waals surface area contributed by atoms with E-state index in [0.29, 0.717) is 12.0 Å². The van der Waals surface area contributed by atoms with Crippen molar-refractivity contribution in [1.29, 1.82) is 5.26 Å². The minimum Gasteiger partial charge on any atom is -0.460 e. The maximum atomic E-state index is 13.9. The lowest BCUT2D eigenvalue weighted by Gasteiger charge is -2.12. The first-order valence-electron chi connectivity index (χ1n) is 7.39. The second kappa shape index (κ2) is 7.66. The summed E-state index contributed by atoms with van der Waals surface area (Å²) in [5.41, 5.74) is -1.42. The molecule has 0 bridgehead atoms. The first kappa shape index (κ1) is 18.9. The van der Waals surface area contributed by atoms with E-state index < -0.39 is 59.5 Å². The van der Waals surface area contributed by atoms with E-state index in [1.165, 1.54) is 0 Å². The van der Waals surface area contributed by atoms with Crippen molar-refractivity contribution in [2.45, 2.75) is 26.6 Å². The van der Waals surface area contributed by atoms with Gasteiger partial charge in [-0.1, -0.05) is 6.08 Å². The summed E-state index contributed by atoms with van der Waals surface area (Å²) in [6, 6.07) is 1.91. The molecule has 0 saturated heterocycles. The number of carbonyl (C=O) groups is 1. The maximum absolute atomic E-state index is 13.9.